The van der Waals surface area contributed by atoms with E-state index >= 15 is 0 Å². The highest BCUT2D eigenvalue weighted by Crippen LogP contribution is 1.82. The molecule has 4 nitrogen and oxygen atoms in total. The minimum Gasteiger partial charge on any atom is -0.370 e. The molecule has 0 saturated heterocycles. The number of hydrogen-bond acceptors (Lipinski definition) is 3. The molecule has 0 rings (SSSR count). The SMILES string of the molecule is C=COS(=O)(=O)O.ClCCl. The molecule has 0 atom stereocenters. The summed E-state index contributed by atoms with van der Waals surface area (Å²) in [7, 11) is -4.29. The molecule has 0 bridgehead atoms. The standard InChI is InChI=1S/C2H4O4S.CH2Cl2/c1-2-6-7(3,4)5;2-1-3/h2H,1H2,(H,3,4,5);1H2. The van der Waals surface area contributed by atoms with Crippen LogP contribution in [0.15, 0.2) is 12.8 Å². The molecule has 0 spiro atoms. The van der Waals surface area contributed by atoms with E-state index in [9.17, 15) is 8.42 Å². The zero-order chi connectivity index (χ0) is 8.62. The molecule has 1 N–H and O–H groups in total. The quantitative estimate of drug-likeness (QED) is 0.423. The predicted octanol–water partition coefficient (Wildman–Crippen LogP) is 1.37. The molecule has 0 aliphatic carbocycles. The second kappa shape index (κ2) is 7.14. The van der Waals surface area contributed by atoms with Gasteiger partial charge in [-0.25, -0.2) is 0 Å². The second-order valence-electron chi connectivity index (χ2n) is 0.792. The number of alkyl halides is 2. The van der Waals surface area contributed by atoms with Gasteiger partial charge >= 0.3 is 10.4 Å². The lowest BCUT2D eigenvalue weighted by molar-refractivity contribution is 0.357. The van der Waals surface area contributed by atoms with Crippen molar-refractivity contribution in [2.24, 2.45) is 0 Å². The summed E-state index contributed by atoms with van der Waals surface area (Å²) in [5.74, 6) is 0. The van der Waals surface area contributed by atoms with E-state index in [1.165, 1.54) is 0 Å². The lowest BCUT2D eigenvalue weighted by Gasteiger charge is -1.86. The lowest BCUT2D eigenvalue weighted by atomic mass is 11.2. The van der Waals surface area contributed by atoms with E-state index in [4.69, 9.17) is 27.8 Å². The van der Waals surface area contributed by atoms with Gasteiger partial charge < -0.3 is 4.18 Å². The van der Waals surface area contributed by atoms with Gasteiger partial charge in [-0.05, 0) is 0 Å². The third-order valence-corrected chi connectivity index (χ3v) is 0.569. The van der Waals surface area contributed by atoms with Crippen molar-refractivity contribution in [3.8, 4) is 0 Å². The van der Waals surface area contributed by atoms with Crippen LogP contribution in [0.3, 0.4) is 0 Å². The van der Waals surface area contributed by atoms with Gasteiger partial charge in [0.1, 0.15) is 6.26 Å². The number of halogens is 2. The van der Waals surface area contributed by atoms with Crippen LogP contribution in [0, 0.1) is 0 Å². The van der Waals surface area contributed by atoms with Gasteiger partial charge in [-0.3, -0.25) is 4.55 Å². The Kier molecular flexibility index (Phi) is 9.06. The monoisotopic (exact) mass is 208 g/mol. The van der Waals surface area contributed by atoms with Crippen LogP contribution in [-0.2, 0) is 14.6 Å². The van der Waals surface area contributed by atoms with Crippen molar-refractivity contribution in [1.82, 2.24) is 0 Å². The van der Waals surface area contributed by atoms with Crippen LogP contribution in [0.1, 0.15) is 0 Å². The van der Waals surface area contributed by atoms with Gasteiger partial charge in [-0.15, -0.1) is 23.2 Å². The molecule has 10 heavy (non-hydrogen) atoms. The maximum atomic E-state index is 9.49. The molecule has 0 saturated carbocycles. The van der Waals surface area contributed by atoms with Crippen molar-refractivity contribution in [1.29, 1.82) is 0 Å². The predicted molar refractivity (Wildman–Crippen MR) is 39.4 cm³/mol. The van der Waals surface area contributed by atoms with Gasteiger partial charge in [0.05, 0.1) is 5.34 Å². The fraction of sp³-hybridized carbons (Fsp3) is 0.333. The van der Waals surface area contributed by atoms with Crippen LogP contribution in [0.5, 0.6) is 0 Å². The Morgan fingerprint density at radius 2 is 1.90 bits per heavy atom. The molecule has 0 fully saturated rings. The Labute approximate surface area is 69.3 Å². The minimum atomic E-state index is -4.29. The van der Waals surface area contributed by atoms with E-state index in [2.05, 4.69) is 10.8 Å². The minimum absolute atomic E-state index is 0.194. The number of rotatable bonds is 2. The average Bonchev–Trinajstić information content (AvgIpc) is 1.63. The molecule has 0 aromatic heterocycles. The summed E-state index contributed by atoms with van der Waals surface area (Å²) in [5, 5.41) is 0.194. The van der Waals surface area contributed by atoms with Gasteiger partial charge in [-0.2, -0.15) is 8.42 Å². The van der Waals surface area contributed by atoms with Crippen LogP contribution >= 0.6 is 23.2 Å². The third-order valence-electron chi connectivity index (χ3n) is 0.190. The third kappa shape index (κ3) is 24.4. The van der Waals surface area contributed by atoms with Crippen LogP contribution < -0.4 is 0 Å². The fourth-order valence-corrected chi connectivity index (χ4v) is 0.258. The maximum Gasteiger partial charge on any atom is 0.445 e. The first-order chi connectivity index (χ1) is 4.47. The van der Waals surface area contributed by atoms with E-state index in [1.54, 1.807) is 0 Å². The zero-order valence-electron chi connectivity index (χ0n) is 4.83. The first-order valence-electron chi connectivity index (χ1n) is 1.86. The fourth-order valence-electron chi connectivity index (χ4n) is 0.0860. The summed E-state index contributed by atoms with van der Waals surface area (Å²) in [6, 6.07) is 0. The molecule has 0 aromatic rings. The van der Waals surface area contributed by atoms with Crippen LogP contribution in [0.4, 0.5) is 0 Å². The summed E-state index contributed by atoms with van der Waals surface area (Å²) < 4.78 is 30.2. The van der Waals surface area contributed by atoms with Gasteiger partial charge in [0.25, 0.3) is 0 Å². The summed E-state index contributed by atoms with van der Waals surface area (Å²) in [6.45, 7) is 2.88. The van der Waals surface area contributed by atoms with Gasteiger partial charge in [0.2, 0.25) is 0 Å². The zero-order valence-corrected chi connectivity index (χ0v) is 7.16. The molecular formula is C3H6Cl2O4S. The largest absolute Gasteiger partial charge is 0.445 e. The Hall–Kier alpha value is 0.0300. The van der Waals surface area contributed by atoms with Gasteiger partial charge in [-0.1, -0.05) is 6.58 Å². The summed E-state index contributed by atoms with van der Waals surface area (Å²) in [4.78, 5) is 0. The normalized spacial score (nSPS) is 9.10. The summed E-state index contributed by atoms with van der Waals surface area (Å²) in [5.41, 5.74) is 0. The highest BCUT2D eigenvalue weighted by Gasteiger charge is 1.96. The Morgan fingerprint density at radius 3 is 1.90 bits per heavy atom. The Bertz CT molecular complexity index is 163. The van der Waals surface area contributed by atoms with Crippen LogP contribution in [0.2, 0.25) is 0 Å². The van der Waals surface area contributed by atoms with Crippen molar-refractivity contribution in [3.05, 3.63) is 12.8 Å². The first kappa shape index (κ1) is 12.7. The number of hydrogen-bond donors (Lipinski definition) is 1. The molecule has 0 aliphatic heterocycles. The molecule has 0 aromatic carbocycles. The highest BCUT2D eigenvalue weighted by atomic mass is 35.5. The topological polar surface area (TPSA) is 63.6 Å². The van der Waals surface area contributed by atoms with E-state index in [0.717, 1.165) is 0 Å². The van der Waals surface area contributed by atoms with Crippen molar-refractivity contribution >= 4 is 33.6 Å². The molecule has 62 valence electrons. The molecule has 0 unspecified atom stereocenters. The van der Waals surface area contributed by atoms with Gasteiger partial charge in [0, 0.05) is 0 Å². The molecular weight excluding hydrogens is 203 g/mol. The first-order valence-corrected chi connectivity index (χ1v) is 4.30. The molecule has 0 amide bonds. The lowest BCUT2D eigenvalue weighted by Crippen LogP contribution is -1.96. The van der Waals surface area contributed by atoms with Gasteiger partial charge in [0.15, 0.2) is 0 Å². The summed E-state index contributed by atoms with van der Waals surface area (Å²) >= 11 is 9.53. The van der Waals surface area contributed by atoms with Crippen molar-refractivity contribution < 1.29 is 17.2 Å². The van der Waals surface area contributed by atoms with Crippen molar-refractivity contribution in [2.75, 3.05) is 5.34 Å². The second-order valence-corrected chi connectivity index (χ2v) is 2.65. The highest BCUT2D eigenvalue weighted by molar-refractivity contribution is 7.81. The summed E-state index contributed by atoms with van der Waals surface area (Å²) in [6.07, 6.45) is 0.620. The molecule has 7 heteroatoms. The Balaban J connectivity index is 0. The van der Waals surface area contributed by atoms with E-state index in [0.29, 0.717) is 6.26 Å². The molecule has 0 aliphatic rings. The smallest absolute Gasteiger partial charge is 0.370 e. The Morgan fingerprint density at radius 1 is 1.60 bits per heavy atom. The van der Waals surface area contributed by atoms with E-state index in [1.807, 2.05) is 0 Å². The van der Waals surface area contributed by atoms with Crippen molar-refractivity contribution in [2.45, 2.75) is 0 Å². The maximum absolute atomic E-state index is 9.49. The molecule has 0 heterocycles. The average molecular weight is 209 g/mol. The van der Waals surface area contributed by atoms with Crippen LogP contribution in [-0.4, -0.2) is 18.3 Å². The molecule has 0 radical (unpaired) electrons. The van der Waals surface area contributed by atoms with E-state index < -0.39 is 10.4 Å². The van der Waals surface area contributed by atoms with Crippen LogP contribution in [0.25, 0.3) is 0 Å². The van der Waals surface area contributed by atoms with E-state index in [-0.39, 0.29) is 5.34 Å². The van der Waals surface area contributed by atoms with Crippen molar-refractivity contribution in [3.63, 3.8) is 0 Å².